The lowest BCUT2D eigenvalue weighted by molar-refractivity contribution is -0.883. The van der Waals surface area contributed by atoms with Crippen molar-refractivity contribution in [3.63, 3.8) is 0 Å². The third-order valence-corrected chi connectivity index (χ3v) is 3.51. The molecule has 3 rings (SSSR count). The summed E-state index contributed by atoms with van der Waals surface area (Å²) in [6, 6.07) is 15.0. The summed E-state index contributed by atoms with van der Waals surface area (Å²) in [6.07, 6.45) is 3.56. The highest BCUT2D eigenvalue weighted by Gasteiger charge is 2.17. The normalized spacial score (nSPS) is 11.9. The molecule has 0 saturated carbocycles. The Morgan fingerprint density at radius 2 is 1.75 bits per heavy atom. The standard InChI is InChI=1S/C18H20NO/c1-19(2,3)12-18-16-7-5-4-6-14(16)8-9-17(18)15-10-11-20-13-15/h4-11,13H,12H2,1-3H3/q+1. The van der Waals surface area contributed by atoms with Gasteiger partial charge in [-0.3, -0.25) is 0 Å². The zero-order valence-corrected chi connectivity index (χ0v) is 12.3. The molecule has 0 radical (unpaired) electrons. The number of nitrogens with zero attached hydrogens (tertiary/aromatic N) is 1. The van der Waals surface area contributed by atoms with E-state index in [9.17, 15) is 0 Å². The first kappa shape index (κ1) is 12.9. The van der Waals surface area contributed by atoms with E-state index < -0.39 is 0 Å². The van der Waals surface area contributed by atoms with Crippen molar-refractivity contribution in [2.75, 3.05) is 21.1 Å². The SMILES string of the molecule is C[N+](C)(C)Cc1c(-c2ccoc2)ccc2ccccc12. The molecule has 2 heteroatoms. The van der Waals surface area contributed by atoms with Crippen LogP contribution in [-0.2, 0) is 6.54 Å². The van der Waals surface area contributed by atoms with Crippen molar-refractivity contribution in [2.45, 2.75) is 6.54 Å². The zero-order valence-electron chi connectivity index (χ0n) is 12.3. The molecule has 0 fully saturated rings. The minimum atomic E-state index is 0.902. The Hall–Kier alpha value is -2.06. The van der Waals surface area contributed by atoms with Crippen LogP contribution in [-0.4, -0.2) is 25.6 Å². The van der Waals surface area contributed by atoms with Gasteiger partial charge in [-0.25, -0.2) is 0 Å². The van der Waals surface area contributed by atoms with Crippen LogP contribution >= 0.6 is 0 Å². The van der Waals surface area contributed by atoms with Gasteiger partial charge in [0.15, 0.2) is 0 Å². The molecule has 0 spiro atoms. The number of rotatable bonds is 3. The van der Waals surface area contributed by atoms with E-state index in [-0.39, 0.29) is 0 Å². The highest BCUT2D eigenvalue weighted by Crippen LogP contribution is 2.32. The molecule has 102 valence electrons. The van der Waals surface area contributed by atoms with Gasteiger partial charge in [-0.1, -0.05) is 36.4 Å². The largest absolute Gasteiger partial charge is 0.472 e. The molecule has 1 aromatic heterocycles. The number of hydrogen-bond acceptors (Lipinski definition) is 1. The maximum Gasteiger partial charge on any atom is 0.105 e. The van der Waals surface area contributed by atoms with E-state index in [2.05, 4.69) is 57.5 Å². The number of hydrogen-bond donors (Lipinski definition) is 0. The monoisotopic (exact) mass is 266 g/mol. The fraction of sp³-hybridized carbons (Fsp3) is 0.222. The molecule has 1 heterocycles. The summed E-state index contributed by atoms with van der Waals surface area (Å²) >= 11 is 0. The first-order valence-electron chi connectivity index (χ1n) is 6.88. The molecule has 20 heavy (non-hydrogen) atoms. The fourth-order valence-corrected chi connectivity index (χ4v) is 2.67. The van der Waals surface area contributed by atoms with Gasteiger partial charge in [0.1, 0.15) is 6.54 Å². The first-order valence-corrected chi connectivity index (χ1v) is 6.88. The second-order valence-corrected chi connectivity index (χ2v) is 6.27. The minimum Gasteiger partial charge on any atom is -0.472 e. The van der Waals surface area contributed by atoms with Crippen LogP contribution in [0.5, 0.6) is 0 Å². The van der Waals surface area contributed by atoms with Gasteiger partial charge >= 0.3 is 0 Å². The van der Waals surface area contributed by atoms with Crippen LogP contribution in [0.4, 0.5) is 0 Å². The molecule has 0 N–H and O–H groups in total. The summed E-state index contributed by atoms with van der Waals surface area (Å²) in [4.78, 5) is 0. The summed E-state index contributed by atoms with van der Waals surface area (Å²) < 4.78 is 6.16. The molecule has 2 nitrogen and oxygen atoms in total. The molecule has 0 bridgehead atoms. The second-order valence-electron chi connectivity index (χ2n) is 6.27. The molecular formula is C18H20NO+. The molecule has 0 saturated heterocycles. The van der Waals surface area contributed by atoms with Gasteiger partial charge in [0.25, 0.3) is 0 Å². The summed E-state index contributed by atoms with van der Waals surface area (Å²) in [7, 11) is 6.67. The van der Waals surface area contributed by atoms with E-state index in [1.807, 2.05) is 12.3 Å². The third kappa shape index (κ3) is 2.47. The highest BCUT2D eigenvalue weighted by molar-refractivity contribution is 5.91. The van der Waals surface area contributed by atoms with Gasteiger partial charge in [-0.15, -0.1) is 0 Å². The number of furan rings is 1. The Bertz CT molecular complexity index is 721. The van der Waals surface area contributed by atoms with Gasteiger partial charge < -0.3 is 8.90 Å². The molecule has 0 amide bonds. The Morgan fingerprint density at radius 3 is 2.45 bits per heavy atom. The molecule has 0 atom stereocenters. The molecule has 0 aliphatic rings. The van der Waals surface area contributed by atoms with Crippen LogP contribution in [0.2, 0.25) is 0 Å². The predicted octanol–water partition coefficient (Wildman–Crippen LogP) is 4.31. The van der Waals surface area contributed by atoms with Gasteiger partial charge in [-0.05, 0) is 22.4 Å². The van der Waals surface area contributed by atoms with Gasteiger partial charge in [-0.2, -0.15) is 0 Å². The zero-order chi connectivity index (χ0) is 14.2. The lowest BCUT2D eigenvalue weighted by Gasteiger charge is -2.26. The topological polar surface area (TPSA) is 13.1 Å². The van der Waals surface area contributed by atoms with Crippen molar-refractivity contribution >= 4 is 10.8 Å². The van der Waals surface area contributed by atoms with Gasteiger partial charge in [0.05, 0.1) is 33.7 Å². The van der Waals surface area contributed by atoms with E-state index in [1.54, 1.807) is 6.26 Å². The molecule has 0 aliphatic heterocycles. The molecule has 3 aromatic rings. The molecule has 0 aliphatic carbocycles. The lowest BCUT2D eigenvalue weighted by Crippen LogP contribution is -2.33. The van der Waals surface area contributed by atoms with Crippen molar-refractivity contribution in [1.82, 2.24) is 0 Å². The van der Waals surface area contributed by atoms with E-state index in [1.165, 1.54) is 21.9 Å². The maximum atomic E-state index is 5.26. The van der Waals surface area contributed by atoms with Crippen molar-refractivity contribution in [2.24, 2.45) is 0 Å². The van der Waals surface area contributed by atoms with Crippen LogP contribution in [0.1, 0.15) is 5.56 Å². The van der Waals surface area contributed by atoms with Crippen LogP contribution in [0.15, 0.2) is 59.4 Å². The van der Waals surface area contributed by atoms with E-state index in [4.69, 9.17) is 4.42 Å². The van der Waals surface area contributed by atoms with Crippen molar-refractivity contribution in [1.29, 1.82) is 0 Å². The first-order chi connectivity index (χ1) is 9.54. The van der Waals surface area contributed by atoms with Crippen LogP contribution in [0.3, 0.4) is 0 Å². The maximum absolute atomic E-state index is 5.26. The van der Waals surface area contributed by atoms with Gasteiger partial charge in [0, 0.05) is 11.1 Å². The van der Waals surface area contributed by atoms with Gasteiger partial charge in [0.2, 0.25) is 0 Å². The Morgan fingerprint density at radius 1 is 0.950 bits per heavy atom. The smallest absolute Gasteiger partial charge is 0.105 e. The minimum absolute atomic E-state index is 0.902. The van der Waals surface area contributed by atoms with Crippen LogP contribution in [0, 0.1) is 0 Å². The second kappa shape index (κ2) is 4.80. The summed E-state index contributed by atoms with van der Waals surface area (Å²) in [5.41, 5.74) is 3.81. The Labute approximate surface area is 119 Å². The summed E-state index contributed by atoms with van der Waals surface area (Å²) in [5.74, 6) is 0. The van der Waals surface area contributed by atoms with Crippen molar-refractivity contribution in [3.05, 3.63) is 60.6 Å². The third-order valence-electron chi connectivity index (χ3n) is 3.51. The van der Waals surface area contributed by atoms with Crippen molar-refractivity contribution < 1.29 is 8.90 Å². The lowest BCUT2D eigenvalue weighted by atomic mass is 9.95. The summed E-state index contributed by atoms with van der Waals surface area (Å²) in [5, 5.41) is 2.63. The molecular weight excluding hydrogens is 246 g/mol. The number of fused-ring (bicyclic) bond motifs is 1. The highest BCUT2D eigenvalue weighted by atomic mass is 16.3. The fourth-order valence-electron chi connectivity index (χ4n) is 2.67. The quantitative estimate of drug-likeness (QED) is 0.644. The molecule has 0 unspecified atom stereocenters. The average Bonchev–Trinajstić information content (AvgIpc) is 2.91. The predicted molar refractivity (Wildman–Crippen MR) is 83.4 cm³/mol. The van der Waals surface area contributed by atoms with Crippen LogP contribution < -0.4 is 0 Å². The van der Waals surface area contributed by atoms with Crippen LogP contribution in [0.25, 0.3) is 21.9 Å². The Kier molecular flexibility index (Phi) is 3.11. The van der Waals surface area contributed by atoms with Crippen molar-refractivity contribution in [3.8, 4) is 11.1 Å². The van der Waals surface area contributed by atoms with E-state index >= 15 is 0 Å². The number of benzene rings is 2. The average molecular weight is 266 g/mol. The molecule has 2 aromatic carbocycles. The summed E-state index contributed by atoms with van der Waals surface area (Å²) in [6.45, 7) is 0.988. The van der Waals surface area contributed by atoms with E-state index in [0.717, 1.165) is 16.6 Å². The Balaban J connectivity index is 2.26. The van der Waals surface area contributed by atoms with E-state index in [0.29, 0.717) is 0 Å². The number of quaternary nitrogens is 1.